The summed E-state index contributed by atoms with van der Waals surface area (Å²) in [6.45, 7) is 4.44. The first-order valence-corrected chi connectivity index (χ1v) is 3.08. The Kier molecular flexibility index (Phi) is 1.36. The molecule has 0 heterocycles. The molecule has 0 saturated heterocycles. The average Bonchev–Trinajstić information content (AvgIpc) is 2.17. The highest BCUT2D eigenvalue weighted by atomic mass is 14.3. The molecule has 1 aliphatic rings. The summed E-state index contributed by atoms with van der Waals surface area (Å²) in [4.78, 5) is 0. The third kappa shape index (κ3) is 1.96. The summed E-state index contributed by atoms with van der Waals surface area (Å²) >= 11 is 0. The van der Waals surface area contributed by atoms with Crippen molar-refractivity contribution in [2.24, 2.45) is 5.92 Å². The molecule has 0 aliphatic heterocycles. The Morgan fingerprint density at radius 1 is 1.43 bits per heavy atom. The van der Waals surface area contributed by atoms with Crippen molar-refractivity contribution in [3.8, 4) is 0 Å². The maximum Gasteiger partial charge on any atom is -0.0527 e. The summed E-state index contributed by atoms with van der Waals surface area (Å²) in [5.41, 5.74) is 0. The van der Waals surface area contributed by atoms with Crippen LogP contribution in [0.25, 0.3) is 0 Å². The number of rotatable bonds is 2. The topological polar surface area (TPSA) is 0 Å². The summed E-state index contributed by atoms with van der Waals surface area (Å²) < 4.78 is 0. The van der Waals surface area contributed by atoms with Crippen molar-refractivity contribution in [1.29, 1.82) is 0 Å². The summed E-state index contributed by atoms with van der Waals surface area (Å²) in [6, 6.07) is 0. The Labute approximate surface area is 45.9 Å². The van der Waals surface area contributed by atoms with E-state index in [4.69, 9.17) is 0 Å². The first kappa shape index (κ1) is 5.14. The van der Waals surface area contributed by atoms with Gasteiger partial charge in [-0.05, 0) is 0 Å². The summed E-state index contributed by atoms with van der Waals surface area (Å²) in [7, 11) is 0. The molecule has 0 radical (unpaired) electrons. The SMILES string of the molecule is C[C-](C)CC1CC1. The molecule has 1 saturated carbocycles. The van der Waals surface area contributed by atoms with Gasteiger partial charge in [0.15, 0.2) is 0 Å². The largest absolute Gasteiger partial charge is 0.319 e. The molecule has 0 spiro atoms. The highest BCUT2D eigenvalue weighted by molar-refractivity contribution is 4.86. The minimum absolute atomic E-state index is 1.09. The van der Waals surface area contributed by atoms with E-state index in [0.29, 0.717) is 0 Å². The molecule has 1 rings (SSSR count). The van der Waals surface area contributed by atoms with Gasteiger partial charge >= 0.3 is 0 Å². The molecule has 0 unspecified atom stereocenters. The Hall–Kier alpha value is 0. The van der Waals surface area contributed by atoms with Gasteiger partial charge in [-0.25, -0.2) is 0 Å². The van der Waals surface area contributed by atoms with Crippen molar-refractivity contribution >= 4 is 0 Å². The highest BCUT2D eigenvalue weighted by Crippen LogP contribution is 2.35. The Balaban J connectivity index is 1.97. The fraction of sp³-hybridized carbons (Fsp3) is 0.857. The highest BCUT2D eigenvalue weighted by Gasteiger charge is 2.16. The van der Waals surface area contributed by atoms with Gasteiger partial charge in [-0.2, -0.15) is 20.3 Å². The maximum atomic E-state index is 2.22. The van der Waals surface area contributed by atoms with E-state index in [1.807, 2.05) is 0 Å². The van der Waals surface area contributed by atoms with Crippen LogP contribution in [0.4, 0.5) is 0 Å². The average molecular weight is 97.2 g/mol. The lowest BCUT2D eigenvalue weighted by atomic mass is 10.1. The van der Waals surface area contributed by atoms with E-state index in [9.17, 15) is 0 Å². The molecular weight excluding hydrogens is 84.1 g/mol. The van der Waals surface area contributed by atoms with Gasteiger partial charge in [0.2, 0.25) is 0 Å². The minimum atomic E-state index is 1.09. The van der Waals surface area contributed by atoms with Gasteiger partial charge in [-0.1, -0.05) is 18.8 Å². The molecule has 0 heteroatoms. The molecule has 0 bridgehead atoms. The zero-order valence-electron chi connectivity index (χ0n) is 5.20. The van der Waals surface area contributed by atoms with Crippen LogP contribution in [0.3, 0.4) is 0 Å². The van der Waals surface area contributed by atoms with Crippen molar-refractivity contribution in [2.75, 3.05) is 0 Å². The van der Waals surface area contributed by atoms with Crippen molar-refractivity contribution < 1.29 is 0 Å². The van der Waals surface area contributed by atoms with Crippen LogP contribution in [0, 0.1) is 11.8 Å². The van der Waals surface area contributed by atoms with Crippen LogP contribution in [0.2, 0.25) is 0 Å². The molecule has 0 N–H and O–H groups in total. The summed E-state index contributed by atoms with van der Waals surface area (Å²) in [5, 5.41) is 0. The number of hydrogen-bond acceptors (Lipinski definition) is 0. The lowest BCUT2D eigenvalue weighted by molar-refractivity contribution is 0.741. The standard InChI is InChI=1S/C7H13/c1-6(2)5-7-3-4-7/h7H,3-5H2,1-2H3/q-1. The van der Waals surface area contributed by atoms with Gasteiger partial charge in [0, 0.05) is 0 Å². The molecule has 0 aromatic carbocycles. The van der Waals surface area contributed by atoms with E-state index in [1.54, 1.807) is 5.92 Å². The third-order valence-corrected chi connectivity index (χ3v) is 1.39. The zero-order valence-corrected chi connectivity index (χ0v) is 5.20. The van der Waals surface area contributed by atoms with Crippen LogP contribution >= 0.6 is 0 Å². The molecule has 7 heavy (non-hydrogen) atoms. The molecule has 0 atom stereocenters. The van der Waals surface area contributed by atoms with Gasteiger partial charge in [-0.15, -0.1) is 0 Å². The Morgan fingerprint density at radius 3 is 2.14 bits per heavy atom. The molecule has 1 fully saturated rings. The zero-order chi connectivity index (χ0) is 5.28. The molecular formula is C7H13-. The van der Waals surface area contributed by atoms with E-state index >= 15 is 0 Å². The van der Waals surface area contributed by atoms with Crippen molar-refractivity contribution in [2.45, 2.75) is 33.1 Å². The smallest absolute Gasteiger partial charge is 0.0527 e. The molecule has 0 aromatic heterocycles. The van der Waals surface area contributed by atoms with Gasteiger partial charge in [0.25, 0.3) is 0 Å². The Bertz CT molecular complexity index is 51.1. The van der Waals surface area contributed by atoms with Crippen molar-refractivity contribution in [1.82, 2.24) is 0 Å². The number of hydrogen-bond donors (Lipinski definition) is 0. The molecule has 42 valence electrons. The van der Waals surface area contributed by atoms with Crippen LogP contribution < -0.4 is 0 Å². The predicted molar refractivity (Wildman–Crippen MR) is 31.9 cm³/mol. The molecule has 1 aliphatic carbocycles. The summed E-state index contributed by atoms with van der Waals surface area (Å²) in [6.07, 6.45) is 4.37. The van der Waals surface area contributed by atoms with Crippen molar-refractivity contribution in [3.63, 3.8) is 0 Å². The quantitative estimate of drug-likeness (QED) is 0.464. The van der Waals surface area contributed by atoms with Gasteiger partial charge < -0.3 is 5.92 Å². The molecule has 0 aromatic rings. The van der Waals surface area contributed by atoms with Crippen LogP contribution in [0.1, 0.15) is 33.1 Å². The van der Waals surface area contributed by atoms with Gasteiger partial charge in [0.1, 0.15) is 0 Å². The fourth-order valence-corrected chi connectivity index (χ4v) is 0.899. The van der Waals surface area contributed by atoms with Crippen LogP contribution in [0.15, 0.2) is 0 Å². The van der Waals surface area contributed by atoms with E-state index < -0.39 is 0 Å². The second-order valence-electron chi connectivity index (χ2n) is 2.85. The van der Waals surface area contributed by atoms with E-state index in [-0.39, 0.29) is 0 Å². The monoisotopic (exact) mass is 97.1 g/mol. The third-order valence-electron chi connectivity index (χ3n) is 1.39. The normalized spacial score (nSPS) is 21.0. The van der Waals surface area contributed by atoms with E-state index in [1.165, 1.54) is 19.3 Å². The predicted octanol–water partition coefficient (Wildman–Crippen LogP) is 2.40. The van der Waals surface area contributed by atoms with Gasteiger partial charge in [0.05, 0.1) is 0 Å². The molecule has 0 amide bonds. The molecule has 0 nitrogen and oxygen atoms in total. The lowest BCUT2D eigenvalue weighted by Gasteiger charge is -2.14. The Morgan fingerprint density at radius 2 is 2.00 bits per heavy atom. The lowest BCUT2D eigenvalue weighted by Crippen LogP contribution is -1.83. The second kappa shape index (κ2) is 1.85. The van der Waals surface area contributed by atoms with Crippen LogP contribution in [-0.4, -0.2) is 0 Å². The first-order chi connectivity index (χ1) is 3.29. The summed E-state index contributed by atoms with van der Waals surface area (Å²) in [5.74, 6) is 2.69. The van der Waals surface area contributed by atoms with Crippen LogP contribution in [0.5, 0.6) is 0 Å². The van der Waals surface area contributed by atoms with Crippen LogP contribution in [-0.2, 0) is 0 Å². The minimum Gasteiger partial charge on any atom is -0.319 e. The first-order valence-electron chi connectivity index (χ1n) is 3.08. The second-order valence-corrected chi connectivity index (χ2v) is 2.85. The van der Waals surface area contributed by atoms with E-state index in [2.05, 4.69) is 13.8 Å². The maximum absolute atomic E-state index is 2.22. The fourth-order valence-electron chi connectivity index (χ4n) is 0.899. The van der Waals surface area contributed by atoms with E-state index in [0.717, 1.165) is 5.92 Å². The van der Waals surface area contributed by atoms with Gasteiger partial charge in [-0.3, -0.25) is 0 Å². The van der Waals surface area contributed by atoms with Crippen molar-refractivity contribution in [3.05, 3.63) is 5.92 Å².